The monoisotopic (exact) mass is 348 g/mol. The summed E-state index contributed by atoms with van der Waals surface area (Å²) in [4.78, 5) is 25.5. The maximum absolute atomic E-state index is 13.0. The van der Waals surface area contributed by atoms with Gasteiger partial charge in [0.15, 0.2) is 0 Å². The van der Waals surface area contributed by atoms with E-state index in [9.17, 15) is 4.79 Å². The highest BCUT2D eigenvalue weighted by molar-refractivity contribution is 5.78. The number of pyridine rings is 1. The molecule has 0 N–H and O–H groups in total. The predicted octanol–water partition coefficient (Wildman–Crippen LogP) is 1.96. The summed E-state index contributed by atoms with van der Waals surface area (Å²) in [6.07, 6.45) is 6.53. The van der Waals surface area contributed by atoms with Gasteiger partial charge < -0.3 is 4.74 Å². The molecule has 0 saturated heterocycles. The summed E-state index contributed by atoms with van der Waals surface area (Å²) in [5.74, 6) is 0.774. The lowest BCUT2D eigenvalue weighted by molar-refractivity contribution is 0.398. The first-order valence-corrected chi connectivity index (χ1v) is 7.99. The minimum Gasteiger partial charge on any atom is -0.481 e. The van der Waals surface area contributed by atoms with E-state index in [1.54, 1.807) is 48.4 Å². The number of rotatable bonds is 3. The molecule has 0 aliphatic rings. The van der Waals surface area contributed by atoms with Gasteiger partial charge in [0.2, 0.25) is 5.88 Å². The molecule has 130 valence electrons. The fraction of sp³-hybridized carbons (Fsp3) is 0.167. The average Bonchev–Trinajstić information content (AvgIpc) is 2.94. The zero-order chi connectivity index (χ0) is 18.3. The van der Waals surface area contributed by atoms with E-state index in [0.717, 1.165) is 27.9 Å². The first-order valence-electron chi connectivity index (χ1n) is 7.99. The van der Waals surface area contributed by atoms with E-state index in [0.29, 0.717) is 5.88 Å². The van der Waals surface area contributed by atoms with Gasteiger partial charge in [-0.15, -0.1) is 4.68 Å². The topological polar surface area (TPSA) is 87.2 Å². The van der Waals surface area contributed by atoms with Gasteiger partial charge >= 0.3 is 5.69 Å². The van der Waals surface area contributed by atoms with Crippen LogP contribution in [0.5, 0.6) is 5.88 Å². The predicted molar refractivity (Wildman–Crippen MR) is 95.6 cm³/mol. The third kappa shape index (κ3) is 2.34. The number of aromatic nitrogens is 6. The SMILES string of the molecule is COc1ccc(-c2c(C)c3cnn(-c4ncccn4)c(=O)n3c2C)cn1. The molecular formula is C18H16N6O2. The van der Waals surface area contributed by atoms with Gasteiger partial charge in [-0.05, 0) is 31.5 Å². The minimum atomic E-state index is -0.318. The van der Waals surface area contributed by atoms with Crippen LogP contribution in [0.25, 0.3) is 22.6 Å². The van der Waals surface area contributed by atoms with Crippen molar-refractivity contribution in [2.24, 2.45) is 0 Å². The number of fused-ring (bicyclic) bond motifs is 1. The van der Waals surface area contributed by atoms with Gasteiger partial charge in [-0.3, -0.25) is 4.40 Å². The number of nitrogens with zero attached hydrogens (tertiary/aromatic N) is 6. The van der Waals surface area contributed by atoms with Crippen LogP contribution in [-0.4, -0.2) is 36.2 Å². The Morgan fingerprint density at radius 2 is 1.81 bits per heavy atom. The molecular weight excluding hydrogens is 332 g/mol. The van der Waals surface area contributed by atoms with Crippen LogP contribution in [0.3, 0.4) is 0 Å². The van der Waals surface area contributed by atoms with Crippen LogP contribution in [0.2, 0.25) is 0 Å². The third-order valence-electron chi connectivity index (χ3n) is 4.34. The van der Waals surface area contributed by atoms with E-state index >= 15 is 0 Å². The van der Waals surface area contributed by atoms with Crippen molar-refractivity contribution in [2.75, 3.05) is 7.11 Å². The molecule has 0 aromatic carbocycles. The minimum absolute atomic E-state index is 0.234. The molecule has 0 atom stereocenters. The fourth-order valence-electron chi connectivity index (χ4n) is 3.13. The van der Waals surface area contributed by atoms with Crippen LogP contribution in [-0.2, 0) is 0 Å². The first-order chi connectivity index (χ1) is 12.6. The third-order valence-corrected chi connectivity index (χ3v) is 4.34. The highest BCUT2D eigenvalue weighted by Crippen LogP contribution is 2.31. The molecule has 4 aromatic heterocycles. The highest BCUT2D eigenvalue weighted by atomic mass is 16.5. The smallest absolute Gasteiger partial charge is 0.356 e. The lowest BCUT2D eigenvalue weighted by atomic mass is 10.0. The molecule has 26 heavy (non-hydrogen) atoms. The Bertz CT molecular complexity index is 1150. The van der Waals surface area contributed by atoms with Gasteiger partial charge in [-0.1, -0.05) is 0 Å². The Labute approximate surface area is 148 Å². The Balaban J connectivity index is 1.97. The van der Waals surface area contributed by atoms with Crippen molar-refractivity contribution in [1.82, 2.24) is 29.1 Å². The van der Waals surface area contributed by atoms with Gasteiger partial charge in [-0.25, -0.2) is 19.7 Å². The van der Waals surface area contributed by atoms with Crippen LogP contribution in [0, 0.1) is 13.8 Å². The van der Waals surface area contributed by atoms with Crippen molar-refractivity contribution in [3.63, 3.8) is 0 Å². The second-order valence-corrected chi connectivity index (χ2v) is 5.78. The summed E-state index contributed by atoms with van der Waals surface area (Å²) in [6, 6.07) is 5.41. The molecule has 8 heteroatoms. The summed E-state index contributed by atoms with van der Waals surface area (Å²) in [6.45, 7) is 3.86. The molecule has 0 aliphatic heterocycles. The number of hydrogen-bond acceptors (Lipinski definition) is 6. The summed E-state index contributed by atoms with van der Waals surface area (Å²) in [5, 5.41) is 4.24. The molecule has 4 heterocycles. The van der Waals surface area contributed by atoms with Crippen LogP contribution >= 0.6 is 0 Å². The van der Waals surface area contributed by atoms with E-state index in [4.69, 9.17) is 4.74 Å². The van der Waals surface area contributed by atoms with E-state index in [2.05, 4.69) is 20.1 Å². The molecule has 4 aromatic rings. The van der Waals surface area contributed by atoms with E-state index in [1.807, 2.05) is 19.9 Å². The molecule has 0 amide bonds. The summed E-state index contributed by atoms with van der Waals surface area (Å²) in [7, 11) is 1.57. The zero-order valence-corrected chi connectivity index (χ0v) is 14.5. The maximum atomic E-state index is 13.0. The largest absolute Gasteiger partial charge is 0.481 e. The Morgan fingerprint density at radius 3 is 2.46 bits per heavy atom. The Morgan fingerprint density at radius 1 is 1.04 bits per heavy atom. The Kier molecular flexibility index (Phi) is 3.72. The van der Waals surface area contributed by atoms with Gasteiger partial charge in [0, 0.05) is 41.5 Å². The summed E-state index contributed by atoms with van der Waals surface area (Å²) in [5.41, 5.74) is 4.05. The van der Waals surface area contributed by atoms with E-state index in [-0.39, 0.29) is 11.6 Å². The lowest BCUT2D eigenvalue weighted by Gasteiger charge is -2.05. The summed E-state index contributed by atoms with van der Waals surface area (Å²) >= 11 is 0. The highest BCUT2D eigenvalue weighted by Gasteiger charge is 2.18. The van der Waals surface area contributed by atoms with Gasteiger partial charge in [0.25, 0.3) is 5.95 Å². The van der Waals surface area contributed by atoms with Crippen molar-refractivity contribution >= 4 is 5.52 Å². The molecule has 8 nitrogen and oxygen atoms in total. The van der Waals surface area contributed by atoms with Gasteiger partial charge in [-0.2, -0.15) is 5.10 Å². The second kappa shape index (κ2) is 6.07. The average molecular weight is 348 g/mol. The fourth-order valence-corrected chi connectivity index (χ4v) is 3.13. The van der Waals surface area contributed by atoms with Crippen LogP contribution in [0.15, 0.2) is 47.8 Å². The van der Waals surface area contributed by atoms with Gasteiger partial charge in [0.05, 0.1) is 18.8 Å². The molecule has 0 radical (unpaired) electrons. The van der Waals surface area contributed by atoms with Crippen LogP contribution in [0.1, 0.15) is 11.3 Å². The van der Waals surface area contributed by atoms with Crippen LogP contribution in [0.4, 0.5) is 0 Å². The number of aryl methyl sites for hydroxylation is 2. The summed E-state index contributed by atoms with van der Waals surface area (Å²) < 4.78 is 7.93. The zero-order valence-electron chi connectivity index (χ0n) is 14.5. The molecule has 0 spiro atoms. The normalized spacial score (nSPS) is 11.0. The molecule has 0 fully saturated rings. The maximum Gasteiger partial charge on any atom is 0.356 e. The number of ether oxygens (including phenoxy) is 1. The number of methoxy groups -OCH3 is 1. The molecule has 0 aliphatic carbocycles. The van der Waals surface area contributed by atoms with E-state index in [1.165, 1.54) is 4.68 Å². The van der Waals surface area contributed by atoms with Crippen molar-refractivity contribution in [1.29, 1.82) is 0 Å². The van der Waals surface area contributed by atoms with Crippen molar-refractivity contribution in [3.05, 3.63) is 64.7 Å². The lowest BCUT2D eigenvalue weighted by Crippen LogP contribution is -2.29. The Hall–Kier alpha value is -3.55. The molecule has 0 bridgehead atoms. The van der Waals surface area contributed by atoms with Crippen molar-refractivity contribution in [2.45, 2.75) is 13.8 Å². The molecule has 4 rings (SSSR count). The standard InChI is InChI=1S/C18H16N6O2/c1-11-14-10-22-24(17-19-7-4-8-20-17)18(25)23(14)12(2)16(11)13-5-6-15(26-3)21-9-13/h4-10H,1-3H3. The van der Waals surface area contributed by atoms with Crippen molar-refractivity contribution in [3.8, 4) is 23.0 Å². The quantitative estimate of drug-likeness (QED) is 0.562. The second-order valence-electron chi connectivity index (χ2n) is 5.78. The van der Waals surface area contributed by atoms with Gasteiger partial charge in [0.1, 0.15) is 0 Å². The van der Waals surface area contributed by atoms with Crippen LogP contribution < -0.4 is 10.4 Å². The number of hydrogen-bond donors (Lipinski definition) is 0. The van der Waals surface area contributed by atoms with Crippen molar-refractivity contribution < 1.29 is 4.74 Å². The van der Waals surface area contributed by atoms with E-state index < -0.39 is 0 Å². The molecule has 0 saturated carbocycles. The first kappa shape index (κ1) is 15.9. The molecule has 0 unspecified atom stereocenters.